The highest BCUT2D eigenvalue weighted by atomic mass is 32.2. The van der Waals surface area contributed by atoms with Crippen molar-refractivity contribution in [3.8, 4) is 11.5 Å². The van der Waals surface area contributed by atoms with Crippen LogP contribution < -0.4 is 9.78 Å². The fraction of sp³-hybridized carbons (Fsp3) is 0.667. The van der Waals surface area contributed by atoms with E-state index in [-0.39, 0.29) is 48.7 Å². The minimum atomic E-state index is -0.895. The monoisotopic (exact) mass is 614 g/mol. The van der Waals surface area contributed by atoms with Gasteiger partial charge in [-0.2, -0.15) is 9.78 Å². The topological polar surface area (TPSA) is 77.4 Å². The SMILES string of the molecule is CC(C)C1(CO)OOc2ccc(Sc3ccc4c(c3)C(C(C)C)(C(C)C)C(CO)(C(C)C)OO4)cc2C1(C(C)C)C(C)C. The lowest BCUT2D eigenvalue weighted by Crippen LogP contribution is -2.66. The number of rotatable bonds is 10. The van der Waals surface area contributed by atoms with Gasteiger partial charge in [-0.1, -0.05) is 94.8 Å². The van der Waals surface area contributed by atoms with Crippen molar-refractivity contribution in [3.63, 3.8) is 0 Å². The van der Waals surface area contributed by atoms with Crippen molar-refractivity contribution >= 4 is 11.8 Å². The molecule has 2 aliphatic heterocycles. The molecule has 0 spiro atoms. The Morgan fingerprint density at radius 1 is 0.535 bits per heavy atom. The first-order valence-electron chi connectivity index (χ1n) is 16.0. The van der Waals surface area contributed by atoms with Gasteiger partial charge in [-0.05, 0) is 71.9 Å². The number of fused-ring (bicyclic) bond motifs is 2. The summed E-state index contributed by atoms with van der Waals surface area (Å²) in [5.74, 6) is 2.13. The molecule has 6 nitrogen and oxygen atoms in total. The van der Waals surface area contributed by atoms with E-state index < -0.39 is 22.0 Å². The summed E-state index contributed by atoms with van der Waals surface area (Å²) < 4.78 is 0. The van der Waals surface area contributed by atoms with Crippen LogP contribution in [0.3, 0.4) is 0 Å². The zero-order valence-corrected chi connectivity index (χ0v) is 29.1. The first kappa shape index (κ1) is 34.1. The van der Waals surface area contributed by atoms with Crippen LogP contribution in [0.4, 0.5) is 0 Å². The predicted octanol–water partition coefficient (Wildman–Crippen LogP) is 8.36. The Kier molecular flexibility index (Phi) is 9.68. The molecule has 0 amide bonds. The first-order valence-corrected chi connectivity index (χ1v) is 16.9. The predicted molar refractivity (Wildman–Crippen MR) is 172 cm³/mol. The standard InChI is InChI=1S/C36H54O6S/c1-21(2)33(19-37)35(23(5)6,24(7)8)29-17-27(13-15-31(29)39-41-33)43-28-14-16-32-30(18-28)36(25(9)10,26(11)12)34(20-38,22(3)4)42-40-32/h13-18,21-26,37-38H,19-20H2,1-12H3. The van der Waals surface area contributed by atoms with Crippen LogP contribution in [-0.4, -0.2) is 34.6 Å². The summed E-state index contributed by atoms with van der Waals surface area (Å²) >= 11 is 1.70. The quantitative estimate of drug-likeness (QED) is 0.260. The van der Waals surface area contributed by atoms with Crippen molar-refractivity contribution in [1.82, 2.24) is 0 Å². The lowest BCUT2D eigenvalue weighted by atomic mass is 9.52. The van der Waals surface area contributed by atoms with Gasteiger partial charge in [-0.25, -0.2) is 0 Å². The molecule has 2 aromatic carbocycles. The van der Waals surface area contributed by atoms with Gasteiger partial charge in [-0.15, -0.1) is 0 Å². The summed E-state index contributed by atoms with van der Waals surface area (Å²) in [6, 6.07) is 12.6. The zero-order valence-electron chi connectivity index (χ0n) is 28.3. The molecule has 2 atom stereocenters. The Balaban J connectivity index is 1.88. The van der Waals surface area contributed by atoms with Crippen LogP contribution in [0.5, 0.6) is 11.5 Å². The van der Waals surface area contributed by atoms with Crippen LogP contribution >= 0.6 is 11.8 Å². The maximum absolute atomic E-state index is 10.9. The highest BCUT2D eigenvalue weighted by Gasteiger charge is 2.64. The minimum absolute atomic E-state index is 0.0163. The lowest BCUT2D eigenvalue weighted by Gasteiger charge is -2.58. The third-order valence-electron chi connectivity index (χ3n) is 11.0. The molecule has 0 aromatic heterocycles. The summed E-state index contributed by atoms with van der Waals surface area (Å²) in [7, 11) is 0. The molecule has 7 heteroatoms. The molecule has 2 heterocycles. The molecular weight excluding hydrogens is 560 g/mol. The van der Waals surface area contributed by atoms with Crippen LogP contribution in [0.1, 0.15) is 94.2 Å². The molecule has 240 valence electrons. The van der Waals surface area contributed by atoms with Gasteiger partial charge in [0.05, 0.1) is 13.2 Å². The smallest absolute Gasteiger partial charge is 0.169 e. The van der Waals surface area contributed by atoms with Crippen LogP contribution in [0, 0.1) is 35.5 Å². The number of benzene rings is 2. The van der Waals surface area contributed by atoms with Crippen molar-refractivity contribution in [2.45, 2.75) is 115 Å². The molecule has 0 bridgehead atoms. The van der Waals surface area contributed by atoms with E-state index >= 15 is 0 Å². The largest absolute Gasteiger partial charge is 0.393 e. The van der Waals surface area contributed by atoms with Gasteiger partial charge in [0.15, 0.2) is 22.7 Å². The molecule has 2 unspecified atom stereocenters. The maximum atomic E-state index is 10.9. The van der Waals surface area contributed by atoms with E-state index in [4.69, 9.17) is 19.6 Å². The maximum Gasteiger partial charge on any atom is 0.169 e. The second kappa shape index (κ2) is 12.2. The third-order valence-corrected chi connectivity index (χ3v) is 11.9. The van der Waals surface area contributed by atoms with Gasteiger partial charge >= 0.3 is 0 Å². The van der Waals surface area contributed by atoms with E-state index in [1.54, 1.807) is 11.8 Å². The Labute approximate surface area is 263 Å². The summed E-state index contributed by atoms with van der Waals surface area (Å²) in [4.78, 5) is 26.4. The van der Waals surface area contributed by atoms with Crippen molar-refractivity contribution < 1.29 is 29.8 Å². The molecule has 2 N–H and O–H groups in total. The van der Waals surface area contributed by atoms with Gasteiger partial charge in [-0.3, -0.25) is 0 Å². The van der Waals surface area contributed by atoms with E-state index in [9.17, 15) is 10.2 Å². The fourth-order valence-corrected chi connectivity index (χ4v) is 10.2. The molecule has 0 aliphatic carbocycles. The van der Waals surface area contributed by atoms with E-state index in [2.05, 4.69) is 107 Å². The zero-order chi connectivity index (χ0) is 32.1. The average molecular weight is 615 g/mol. The number of hydrogen-bond acceptors (Lipinski definition) is 7. The summed E-state index contributed by atoms with van der Waals surface area (Å²) in [5.41, 5.74) is -0.610. The minimum Gasteiger partial charge on any atom is -0.393 e. The van der Waals surface area contributed by atoms with Gasteiger partial charge in [0.25, 0.3) is 0 Å². The number of aliphatic hydroxyl groups is 2. The van der Waals surface area contributed by atoms with Gasteiger partial charge in [0.1, 0.15) is 0 Å². The summed E-state index contributed by atoms with van der Waals surface area (Å²) in [6.45, 7) is 25.9. The highest BCUT2D eigenvalue weighted by Crippen LogP contribution is 2.60. The molecule has 0 saturated heterocycles. The van der Waals surface area contributed by atoms with E-state index in [1.807, 2.05) is 12.1 Å². The Bertz CT molecular complexity index is 1170. The van der Waals surface area contributed by atoms with Gasteiger partial charge in [0, 0.05) is 31.7 Å². The van der Waals surface area contributed by atoms with Crippen LogP contribution in [0.25, 0.3) is 0 Å². The van der Waals surface area contributed by atoms with Crippen molar-refractivity contribution in [2.24, 2.45) is 35.5 Å². The Hall–Kier alpha value is -1.77. The molecule has 0 saturated carbocycles. The Morgan fingerprint density at radius 3 is 1.12 bits per heavy atom. The lowest BCUT2D eigenvalue weighted by molar-refractivity contribution is -0.360. The fourth-order valence-electron chi connectivity index (χ4n) is 9.26. The average Bonchev–Trinajstić information content (AvgIpc) is 2.94. The van der Waals surface area contributed by atoms with Gasteiger partial charge < -0.3 is 20.0 Å². The molecular formula is C36H54O6S. The molecule has 2 aromatic rings. The number of hydrogen-bond donors (Lipinski definition) is 2. The molecule has 0 fully saturated rings. The second-order valence-electron chi connectivity index (χ2n) is 14.5. The Morgan fingerprint density at radius 2 is 0.860 bits per heavy atom. The first-order chi connectivity index (χ1) is 20.1. The third kappa shape index (κ3) is 4.67. The van der Waals surface area contributed by atoms with Crippen LogP contribution in [0.2, 0.25) is 0 Å². The van der Waals surface area contributed by atoms with E-state index in [1.165, 1.54) is 0 Å². The molecule has 4 rings (SSSR count). The van der Waals surface area contributed by atoms with Crippen LogP contribution in [-0.2, 0) is 20.6 Å². The van der Waals surface area contributed by atoms with Crippen molar-refractivity contribution in [1.29, 1.82) is 0 Å². The van der Waals surface area contributed by atoms with Crippen molar-refractivity contribution in [3.05, 3.63) is 47.5 Å². The molecule has 0 radical (unpaired) electrons. The van der Waals surface area contributed by atoms with Crippen molar-refractivity contribution in [2.75, 3.05) is 13.2 Å². The molecule has 2 aliphatic rings. The van der Waals surface area contributed by atoms with E-state index in [0.29, 0.717) is 11.5 Å². The normalized spacial score (nSPS) is 24.5. The van der Waals surface area contributed by atoms with Crippen LogP contribution in [0.15, 0.2) is 46.2 Å². The van der Waals surface area contributed by atoms with Gasteiger partial charge in [0.2, 0.25) is 0 Å². The molecule has 43 heavy (non-hydrogen) atoms. The summed E-state index contributed by atoms with van der Waals surface area (Å²) in [6.07, 6.45) is 0. The number of aliphatic hydroxyl groups excluding tert-OH is 2. The highest BCUT2D eigenvalue weighted by molar-refractivity contribution is 7.99. The second-order valence-corrected chi connectivity index (χ2v) is 15.7. The van der Waals surface area contributed by atoms with E-state index in [0.717, 1.165) is 20.9 Å². The summed E-state index contributed by atoms with van der Waals surface area (Å²) in [5, 5.41) is 21.8.